The van der Waals surface area contributed by atoms with E-state index in [0.29, 0.717) is 0 Å². The predicted octanol–water partition coefficient (Wildman–Crippen LogP) is 3.40. The van der Waals surface area contributed by atoms with Gasteiger partial charge in [-0.25, -0.2) is 0 Å². The van der Waals surface area contributed by atoms with Crippen LogP contribution in [0.4, 0.5) is 22.0 Å². The maximum atomic E-state index is 12.4. The van der Waals surface area contributed by atoms with Gasteiger partial charge in [0.05, 0.1) is 12.0 Å². The number of thioether (sulfide) groups is 1. The number of carboxylic acids is 1. The minimum absolute atomic E-state index is 0.523. The van der Waals surface area contributed by atoms with Gasteiger partial charge < -0.3 is 9.84 Å². The number of benzene rings is 1. The van der Waals surface area contributed by atoms with Gasteiger partial charge in [0, 0.05) is 4.90 Å². The second-order valence-electron chi connectivity index (χ2n) is 3.52. The van der Waals surface area contributed by atoms with Crippen molar-refractivity contribution in [3.63, 3.8) is 0 Å². The number of carbonyl (C=O) groups is 1. The maximum absolute atomic E-state index is 12.4. The molecule has 1 N–H and O–H groups in total. The number of hydrogen-bond acceptors (Lipinski definition) is 4. The zero-order chi connectivity index (χ0) is 16.2. The Morgan fingerprint density at radius 1 is 1.43 bits per heavy atom. The van der Waals surface area contributed by atoms with Gasteiger partial charge in [-0.1, -0.05) is 0 Å². The van der Waals surface area contributed by atoms with E-state index in [-0.39, 0.29) is 0 Å². The number of nitriles is 1. The fraction of sp³-hybridized carbons (Fsp3) is 0.273. The molecule has 0 saturated carbocycles. The molecular weight excluding hydrogens is 321 g/mol. The molecule has 1 aromatic carbocycles. The smallest absolute Gasteiger partial charge is 0.446 e. The van der Waals surface area contributed by atoms with E-state index < -0.39 is 58.0 Å². The van der Waals surface area contributed by atoms with Crippen LogP contribution in [-0.2, 0) is 11.2 Å². The summed E-state index contributed by atoms with van der Waals surface area (Å²) in [4.78, 5) is 10.1. The summed E-state index contributed by atoms with van der Waals surface area (Å²) in [5, 5.41) is 17.6. The topological polar surface area (TPSA) is 70.3 Å². The van der Waals surface area contributed by atoms with Crippen LogP contribution in [0.25, 0.3) is 0 Å². The number of alkyl halides is 5. The predicted molar refractivity (Wildman–Crippen MR) is 61.0 cm³/mol. The van der Waals surface area contributed by atoms with Gasteiger partial charge in [0.2, 0.25) is 0 Å². The Hall–Kier alpha value is -2.02. The molecule has 114 valence electrons. The maximum Gasteiger partial charge on any atom is 0.446 e. The second-order valence-corrected chi connectivity index (χ2v) is 4.63. The Kier molecular flexibility index (Phi) is 5.37. The van der Waals surface area contributed by atoms with Crippen molar-refractivity contribution in [2.45, 2.75) is 23.4 Å². The third kappa shape index (κ3) is 5.11. The van der Waals surface area contributed by atoms with Crippen LogP contribution in [-0.4, -0.2) is 23.2 Å². The Labute approximate surface area is 119 Å². The van der Waals surface area contributed by atoms with Gasteiger partial charge in [-0.05, 0) is 29.5 Å². The van der Waals surface area contributed by atoms with Crippen molar-refractivity contribution in [1.29, 1.82) is 5.26 Å². The van der Waals surface area contributed by atoms with Gasteiger partial charge in [0.15, 0.2) is 0 Å². The second kappa shape index (κ2) is 6.62. The normalized spacial score (nSPS) is 11.3. The Morgan fingerprint density at radius 3 is 2.48 bits per heavy atom. The lowest BCUT2D eigenvalue weighted by Gasteiger charge is -2.14. The first-order valence-corrected chi connectivity index (χ1v) is 5.94. The molecule has 0 radical (unpaired) electrons. The van der Waals surface area contributed by atoms with E-state index in [0.717, 1.165) is 12.1 Å². The van der Waals surface area contributed by atoms with Crippen LogP contribution in [0, 0.1) is 11.3 Å². The highest BCUT2D eigenvalue weighted by molar-refractivity contribution is 8.00. The molecule has 0 heterocycles. The van der Waals surface area contributed by atoms with Gasteiger partial charge in [0.1, 0.15) is 11.8 Å². The molecule has 0 aliphatic carbocycles. The first kappa shape index (κ1) is 17.0. The number of carboxylic acid groups (broad SMARTS) is 1. The van der Waals surface area contributed by atoms with Crippen molar-refractivity contribution in [3.05, 3.63) is 23.3 Å². The highest BCUT2D eigenvalue weighted by Gasteiger charge is 2.32. The van der Waals surface area contributed by atoms with E-state index in [9.17, 15) is 26.7 Å². The summed E-state index contributed by atoms with van der Waals surface area (Å²) in [6.45, 7) is -3.30. The Bertz CT molecular complexity index is 582. The molecule has 21 heavy (non-hydrogen) atoms. The number of rotatable bonds is 5. The van der Waals surface area contributed by atoms with E-state index in [2.05, 4.69) is 4.74 Å². The molecule has 0 atom stereocenters. The zero-order valence-corrected chi connectivity index (χ0v) is 10.8. The molecule has 0 aromatic heterocycles. The number of hydrogen-bond donors (Lipinski definition) is 1. The van der Waals surface area contributed by atoms with Crippen molar-refractivity contribution in [2.24, 2.45) is 0 Å². The number of aliphatic carboxylic acids is 1. The molecule has 0 spiro atoms. The third-order valence-corrected chi connectivity index (χ3v) is 2.95. The van der Waals surface area contributed by atoms with Gasteiger partial charge in [0.25, 0.3) is 0 Å². The van der Waals surface area contributed by atoms with E-state index in [4.69, 9.17) is 10.4 Å². The molecule has 0 amide bonds. The summed E-state index contributed by atoms with van der Waals surface area (Å²) in [7, 11) is 0. The minimum atomic E-state index is -4.72. The van der Waals surface area contributed by atoms with E-state index >= 15 is 0 Å². The molecule has 4 nitrogen and oxygen atoms in total. The fourth-order valence-electron chi connectivity index (χ4n) is 1.47. The average molecular weight is 327 g/mol. The SMILES string of the molecule is N#Cc1c(OC(F)F)ccc(SC(F)(F)F)c1CC(=O)O. The quantitative estimate of drug-likeness (QED) is 0.663. The lowest BCUT2D eigenvalue weighted by Crippen LogP contribution is -2.10. The van der Waals surface area contributed by atoms with Crippen molar-refractivity contribution < 1.29 is 36.6 Å². The Balaban J connectivity index is 3.39. The summed E-state index contributed by atoms with van der Waals surface area (Å²) in [6.07, 6.45) is -0.929. The van der Waals surface area contributed by atoms with Crippen LogP contribution in [0.2, 0.25) is 0 Å². The molecular formula is C11H6F5NO3S. The van der Waals surface area contributed by atoms with Crippen molar-refractivity contribution in [3.8, 4) is 11.8 Å². The fourth-order valence-corrected chi connectivity index (χ4v) is 2.15. The first-order chi connectivity index (χ1) is 9.64. The molecule has 10 heteroatoms. The highest BCUT2D eigenvalue weighted by atomic mass is 32.2. The summed E-state index contributed by atoms with van der Waals surface area (Å²) < 4.78 is 65.5. The molecule has 1 aromatic rings. The minimum Gasteiger partial charge on any atom is -0.481 e. The average Bonchev–Trinajstić information content (AvgIpc) is 2.30. The first-order valence-electron chi connectivity index (χ1n) is 5.12. The monoisotopic (exact) mass is 327 g/mol. The van der Waals surface area contributed by atoms with Gasteiger partial charge in [-0.3, -0.25) is 4.79 Å². The zero-order valence-electron chi connectivity index (χ0n) is 9.95. The summed E-state index contributed by atoms with van der Waals surface area (Å²) in [5.74, 6) is -2.18. The number of ether oxygens (including phenoxy) is 1. The summed E-state index contributed by atoms with van der Waals surface area (Å²) >= 11 is -0.631. The van der Waals surface area contributed by atoms with Crippen molar-refractivity contribution >= 4 is 17.7 Å². The largest absolute Gasteiger partial charge is 0.481 e. The van der Waals surface area contributed by atoms with Gasteiger partial charge >= 0.3 is 18.1 Å². The molecule has 0 bridgehead atoms. The molecule has 0 unspecified atom stereocenters. The Morgan fingerprint density at radius 2 is 2.05 bits per heavy atom. The molecule has 0 fully saturated rings. The molecule has 0 aliphatic rings. The lowest BCUT2D eigenvalue weighted by molar-refractivity contribution is -0.136. The standard InChI is InChI=1S/C11H6F5NO3S/c12-10(13)20-7-1-2-8(21-11(14,15)16)5(3-9(18)19)6(7)4-17/h1-2,10H,3H2,(H,18,19). The molecule has 0 aliphatic heterocycles. The summed E-state index contributed by atoms with van der Waals surface area (Å²) in [5.41, 5.74) is -5.90. The van der Waals surface area contributed by atoms with Gasteiger partial charge in [-0.2, -0.15) is 27.2 Å². The van der Waals surface area contributed by atoms with Crippen LogP contribution in [0.5, 0.6) is 5.75 Å². The van der Waals surface area contributed by atoms with Gasteiger partial charge in [-0.15, -0.1) is 0 Å². The van der Waals surface area contributed by atoms with Crippen LogP contribution in [0.1, 0.15) is 11.1 Å². The highest BCUT2D eigenvalue weighted by Crippen LogP contribution is 2.41. The van der Waals surface area contributed by atoms with Crippen LogP contribution in [0.3, 0.4) is 0 Å². The van der Waals surface area contributed by atoms with Crippen LogP contribution >= 0.6 is 11.8 Å². The third-order valence-electron chi connectivity index (χ3n) is 2.11. The van der Waals surface area contributed by atoms with E-state index in [1.54, 1.807) is 0 Å². The van der Waals surface area contributed by atoms with E-state index in [1.165, 1.54) is 6.07 Å². The number of halogens is 5. The van der Waals surface area contributed by atoms with Crippen molar-refractivity contribution in [2.75, 3.05) is 0 Å². The lowest BCUT2D eigenvalue weighted by atomic mass is 10.0. The van der Waals surface area contributed by atoms with Crippen molar-refractivity contribution in [1.82, 2.24) is 0 Å². The summed E-state index contributed by atoms with van der Waals surface area (Å²) in [6, 6.07) is 2.95. The van der Waals surface area contributed by atoms with Crippen LogP contribution < -0.4 is 4.74 Å². The molecule has 1 rings (SSSR count). The van der Waals surface area contributed by atoms with E-state index in [1.807, 2.05) is 0 Å². The number of nitrogens with zero attached hydrogens (tertiary/aromatic N) is 1. The molecule has 0 saturated heterocycles. The van der Waals surface area contributed by atoms with Crippen LogP contribution in [0.15, 0.2) is 17.0 Å².